The fourth-order valence-electron chi connectivity index (χ4n) is 1.56. The maximum atomic E-state index is 11.1. The van der Waals surface area contributed by atoms with E-state index in [4.69, 9.17) is 5.11 Å². The van der Waals surface area contributed by atoms with Gasteiger partial charge in [0.1, 0.15) is 5.56 Å². The number of nitrogens with zero attached hydrogens (tertiary/aromatic N) is 3. The second kappa shape index (κ2) is 4.29. The lowest BCUT2D eigenvalue weighted by Gasteiger charge is -2.06. The van der Waals surface area contributed by atoms with Crippen LogP contribution in [0.2, 0.25) is 0 Å². The molecule has 0 aromatic carbocycles. The van der Waals surface area contributed by atoms with E-state index in [2.05, 4.69) is 26.0 Å². The van der Waals surface area contributed by atoms with Crippen LogP contribution in [-0.4, -0.2) is 25.8 Å². The van der Waals surface area contributed by atoms with Crippen LogP contribution in [-0.2, 0) is 0 Å². The molecule has 2 aromatic heterocycles. The number of halogens is 1. The number of carbonyl (C=O) groups is 1. The number of carboxylic acids is 1. The highest BCUT2D eigenvalue weighted by molar-refractivity contribution is 9.10. The molecule has 0 aliphatic heterocycles. The number of aryl methyl sites for hydroxylation is 1. The Morgan fingerprint density at radius 3 is 2.71 bits per heavy atom. The fourth-order valence-corrected chi connectivity index (χ4v) is 1.81. The summed E-state index contributed by atoms with van der Waals surface area (Å²) in [7, 11) is 0. The first-order valence-electron chi connectivity index (χ1n) is 4.92. The van der Waals surface area contributed by atoms with E-state index in [9.17, 15) is 4.79 Å². The topological polar surface area (TPSA) is 68.0 Å². The van der Waals surface area contributed by atoms with Crippen molar-refractivity contribution in [1.29, 1.82) is 0 Å². The molecule has 0 radical (unpaired) electrons. The summed E-state index contributed by atoms with van der Waals surface area (Å²) in [5.41, 5.74) is 1.75. The molecule has 2 heterocycles. The molecule has 0 saturated carbocycles. The smallest absolute Gasteiger partial charge is 0.339 e. The monoisotopic (exact) mass is 295 g/mol. The molecule has 0 saturated heterocycles. The summed E-state index contributed by atoms with van der Waals surface area (Å²) in [6.07, 6.45) is 1.55. The molecular formula is C11H10BrN3O2. The molecule has 17 heavy (non-hydrogen) atoms. The lowest BCUT2D eigenvalue weighted by molar-refractivity contribution is 0.0696. The van der Waals surface area contributed by atoms with E-state index in [0.717, 1.165) is 15.9 Å². The van der Waals surface area contributed by atoms with E-state index in [1.165, 1.54) is 10.7 Å². The maximum Gasteiger partial charge on any atom is 0.339 e. The molecule has 2 rings (SSSR count). The molecule has 0 unspecified atom stereocenters. The number of carboxylic acid groups (broad SMARTS) is 1. The third-order valence-corrected chi connectivity index (χ3v) is 3.57. The van der Waals surface area contributed by atoms with Gasteiger partial charge in [-0.2, -0.15) is 5.10 Å². The summed E-state index contributed by atoms with van der Waals surface area (Å²) in [6, 6.07) is 3.10. The molecule has 1 N–H and O–H groups in total. The predicted octanol–water partition coefficient (Wildman–Crippen LogP) is 2.34. The van der Waals surface area contributed by atoms with Gasteiger partial charge >= 0.3 is 5.97 Å². The van der Waals surface area contributed by atoms with Crippen molar-refractivity contribution >= 4 is 21.9 Å². The summed E-state index contributed by atoms with van der Waals surface area (Å²) >= 11 is 3.40. The summed E-state index contributed by atoms with van der Waals surface area (Å²) in [4.78, 5) is 15.2. The molecule has 0 aliphatic carbocycles. The van der Waals surface area contributed by atoms with Gasteiger partial charge in [-0.3, -0.25) is 0 Å². The molecule has 0 atom stereocenters. The van der Waals surface area contributed by atoms with Crippen molar-refractivity contribution in [2.45, 2.75) is 13.8 Å². The molecule has 2 aromatic rings. The van der Waals surface area contributed by atoms with Gasteiger partial charge in [0, 0.05) is 6.20 Å². The minimum Gasteiger partial charge on any atom is -0.478 e. The first kappa shape index (κ1) is 11.8. The Bertz CT molecular complexity index is 592. The third kappa shape index (κ3) is 1.95. The van der Waals surface area contributed by atoms with Crippen LogP contribution in [0.1, 0.15) is 21.7 Å². The average molecular weight is 296 g/mol. The summed E-state index contributed by atoms with van der Waals surface area (Å²) in [5.74, 6) is -0.692. The first-order chi connectivity index (χ1) is 8.02. The Hall–Kier alpha value is -1.69. The van der Waals surface area contributed by atoms with E-state index in [-0.39, 0.29) is 5.56 Å². The molecule has 0 spiro atoms. The second-order valence-electron chi connectivity index (χ2n) is 3.58. The number of rotatable bonds is 2. The Morgan fingerprint density at radius 1 is 1.47 bits per heavy atom. The van der Waals surface area contributed by atoms with Crippen molar-refractivity contribution in [3.05, 3.63) is 39.8 Å². The summed E-state index contributed by atoms with van der Waals surface area (Å²) < 4.78 is 2.39. The number of hydrogen-bond acceptors (Lipinski definition) is 3. The molecule has 88 valence electrons. The first-order valence-corrected chi connectivity index (χ1v) is 5.72. The lowest BCUT2D eigenvalue weighted by atomic mass is 10.2. The molecule has 5 nitrogen and oxygen atoms in total. The van der Waals surface area contributed by atoms with E-state index < -0.39 is 5.97 Å². The van der Waals surface area contributed by atoms with Gasteiger partial charge in [-0.1, -0.05) is 0 Å². The average Bonchev–Trinajstić information content (AvgIpc) is 2.57. The van der Waals surface area contributed by atoms with E-state index in [0.29, 0.717) is 5.82 Å². The molecule has 0 bridgehead atoms. The number of aromatic carboxylic acids is 1. The van der Waals surface area contributed by atoms with E-state index >= 15 is 0 Å². The molecule has 6 heteroatoms. The Labute approximate surface area is 106 Å². The van der Waals surface area contributed by atoms with Crippen LogP contribution in [0.3, 0.4) is 0 Å². The van der Waals surface area contributed by atoms with Crippen LogP contribution >= 0.6 is 15.9 Å². The van der Waals surface area contributed by atoms with Crippen LogP contribution < -0.4 is 0 Å². The summed E-state index contributed by atoms with van der Waals surface area (Å²) in [6.45, 7) is 3.70. The highest BCUT2D eigenvalue weighted by Gasteiger charge is 2.17. The van der Waals surface area contributed by atoms with Crippen molar-refractivity contribution in [1.82, 2.24) is 14.8 Å². The van der Waals surface area contributed by atoms with E-state index in [1.807, 2.05) is 13.8 Å². The highest BCUT2D eigenvalue weighted by Crippen LogP contribution is 2.23. The number of hydrogen-bond donors (Lipinski definition) is 1. The minimum atomic E-state index is -1.02. The van der Waals surface area contributed by atoms with Crippen molar-refractivity contribution in [2.75, 3.05) is 0 Å². The molecule has 0 fully saturated rings. The van der Waals surface area contributed by atoms with Gasteiger partial charge in [-0.05, 0) is 41.9 Å². The molecule has 0 aliphatic rings. The summed E-state index contributed by atoms with van der Waals surface area (Å²) in [5, 5.41) is 13.4. The zero-order valence-corrected chi connectivity index (χ0v) is 10.9. The van der Waals surface area contributed by atoms with Gasteiger partial charge < -0.3 is 5.11 Å². The number of aromatic nitrogens is 3. The van der Waals surface area contributed by atoms with Gasteiger partial charge in [0.05, 0.1) is 15.9 Å². The minimum absolute atomic E-state index is 0.130. The van der Waals surface area contributed by atoms with Crippen molar-refractivity contribution in [2.24, 2.45) is 0 Å². The Balaban J connectivity index is 2.68. The van der Waals surface area contributed by atoms with Crippen LogP contribution in [0.25, 0.3) is 5.82 Å². The van der Waals surface area contributed by atoms with Gasteiger partial charge in [-0.15, -0.1) is 0 Å². The SMILES string of the molecule is Cc1nn(-c2ncccc2C(=O)O)c(C)c1Br. The molecule has 0 amide bonds. The van der Waals surface area contributed by atoms with Gasteiger partial charge in [0.25, 0.3) is 0 Å². The standard InChI is InChI=1S/C11H10BrN3O2/c1-6-9(12)7(2)15(14-6)10-8(11(16)17)4-3-5-13-10/h3-5H,1-2H3,(H,16,17). The fraction of sp³-hybridized carbons (Fsp3) is 0.182. The molecular weight excluding hydrogens is 286 g/mol. The Kier molecular flexibility index (Phi) is 2.97. The third-order valence-electron chi connectivity index (χ3n) is 2.42. The Morgan fingerprint density at radius 2 is 2.18 bits per heavy atom. The highest BCUT2D eigenvalue weighted by atomic mass is 79.9. The number of pyridine rings is 1. The maximum absolute atomic E-state index is 11.1. The largest absolute Gasteiger partial charge is 0.478 e. The second-order valence-corrected chi connectivity index (χ2v) is 4.37. The van der Waals surface area contributed by atoms with E-state index in [1.54, 1.807) is 12.3 Å². The van der Waals surface area contributed by atoms with Crippen LogP contribution in [0.4, 0.5) is 0 Å². The normalized spacial score (nSPS) is 10.5. The van der Waals surface area contributed by atoms with Crippen LogP contribution in [0, 0.1) is 13.8 Å². The quantitative estimate of drug-likeness (QED) is 0.923. The van der Waals surface area contributed by atoms with Gasteiger partial charge in [0.2, 0.25) is 0 Å². The van der Waals surface area contributed by atoms with Crippen LogP contribution in [0.15, 0.2) is 22.8 Å². The lowest BCUT2D eigenvalue weighted by Crippen LogP contribution is -2.09. The predicted molar refractivity (Wildman–Crippen MR) is 65.5 cm³/mol. The van der Waals surface area contributed by atoms with Crippen LogP contribution in [0.5, 0.6) is 0 Å². The van der Waals surface area contributed by atoms with Crippen molar-refractivity contribution < 1.29 is 9.90 Å². The van der Waals surface area contributed by atoms with Gasteiger partial charge in [-0.25, -0.2) is 14.5 Å². The zero-order chi connectivity index (χ0) is 12.6. The van der Waals surface area contributed by atoms with Crippen molar-refractivity contribution in [3.63, 3.8) is 0 Å². The zero-order valence-electron chi connectivity index (χ0n) is 9.31. The van der Waals surface area contributed by atoms with Gasteiger partial charge in [0.15, 0.2) is 5.82 Å². The van der Waals surface area contributed by atoms with Crippen molar-refractivity contribution in [3.8, 4) is 5.82 Å².